The topological polar surface area (TPSA) is 145 Å². The van der Waals surface area contributed by atoms with Gasteiger partial charge in [-0.1, -0.05) is 34.5 Å². The number of hydrogen-bond donors (Lipinski definition) is 4. The summed E-state index contributed by atoms with van der Waals surface area (Å²) in [5, 5.41) is 33.5. The Hall–Kier alpha value is -1.84. The molecule has 0 spiro atoms. The summed E-state index contributed by atoms with van der Waals surface area (Å²) in [4.78, 5) is 22.1. The van der Waals surface area contributed by atoms with Crippen molar-refractivity contribution in [1.29, 1.82) is 0 Å². The molecule has 3 N–H and O–H groups in total. The minimum atomic E-state index is -2.10. The fraction of sp³-hybridized carbons (Fsp3) is 0.450. The highest BCUT2D eigenvalue weighted by Gasteiger charge is 2.75. The van der Waals surface area contributed by atoms with Crippen molar-refractivity contribution in [2.45, 2.75) is 34.7 Å². The predicted molar refractivity (Wildman–Crippen MR) is 131 cm³/mol. The van der Waals surface area contributed by atoms with Gasteiger partial charge < -0.3 is 25.0 Å². The van der Waals surface area contributed by atoms with Gasteiger partial charge in [0, 0.05) is 37.0 Å². The van der Waals surface area contributed by atoms with Gasteiger partial charge in [0.2, 0.25) is 5.60 Å². The molecule has 1 aliphatic rings. The van der Waals surface area contributed by atoms with Crippen LogP contribution >= 0.6 is 47.2 Å². The maximum atomic E-state index is 13.8. The van der Waals surface area contributed by atoms with Crippen molar-refractivity contribution in [2.75, 3.05) is 20.3 Å². The molecule has 1 saturated heterocycles. The quantitative estimate of drug-likeness (QED) is 0.248. The normalized spacial score (nSPS) is 30.8. The number of methoxy groups -OCH3 is 1. The molecule has 35 heavy (non-hydrogen) atoms. The van der Waals surface area contributed by atoms with E-state index in [1.807, 2.05) is 0 Å². The number of thiol groups is 1. The highest BCUT2D eigenvalue weighted by Crippen LogP contribution is 2.54. The van der Waals surface area contributed by atoms with Gasteiger partial charge in [0.1, 0.15) is 27.4 Å². The molecule has 1 amide bonds. The monoisotopic (exact) mass is 560 g/mol. The van der Waals surface area contributed by atoms with E-state index >= 15 is 0 Å². The lowest BCUT2D eigenvalue weighted by Gasteiger charge is -2.59. The highest BCUT2D eigenvalue weighted by molar-refractivity contribution is 7.80. The first-order chi connectivity index (χ1) is 16.7. The predicted octanol–water partition coefficient (Wildman–Crippen LogP) is 1.29. The van der Waals surface area contributed by atoms with Crippen LogP contribution in [0.15, 0.2) is 36.1 Å². The van der Waals surface area contributed by atoms with Gasteiger partial charge in [-0.25, -0.2) is 9.67 Å². The second kappa shape index (κ2) is 9.90. The average molecular weight is 561 g/mol. The lowest BCUT2D eigenvalue weighted by atomic mass is 9.67. The van der Waals surface area contributed by atoms with E-state index in [4.69, 9.17) is 32.7 Å². The zero-order valence-corrected chi connectivity index (χ0v) is 21.7. The maximum absolute atomic E-state index is 13.8. The Morgan fingerprint density at radius 2 is 2.26 bits per heavy atom. The third-order valence-corrected chi connectivity index (χ3v) is 7.96. The molecule has 0 bridgehead atoms. The second-order valence-electron chi connectivity index (χ2n) is 7.65. The summed E-state index contributed by atoms with van der Waals surface area (Å²) in [7, 11) is 1.28. The number of carbonyl (C=O) groups is 1. The van der Waals surface area contributed by atoms with Crippen molar-refractivity contribution in [3.05, 3.63) is 46.8 Å². The molecule has 3 aromatic heterocycles. The molecule has 0 radical (unpaired) electrons. The van der Waals surface area contributed by atoms with Gasteiger partial charge in [0.25, 0.3) is 5.91 Å². The van der Waals surface area contributed by atoms with Gasteiger partial charge in [-0.05, 0) is 13.0 Å². The number of likely N-dealkylation sites (N-methyl/N-ethyl adjacent to an activating group) is 1. The van der Waals surface area contributed by atoms with Crippen molar-refractivity contribution in [1.82, 2.24) is 30.3 Å². The van der Waals surface area contributed by atoms with Crippen LogP contribution in [0.3, 0.4) is 0 Å². The molecule has 1 unspecified atom stereocenters. The van der Waals surface area contributed by atoms with Crippen molar-refractivity contribution in [2.24, 2.45) is 0 Å². The van der Waals surface area contributed by atoms with E-state index in [0.29, 0.717) is 10.7 Å². The molecule has 15 heteroatoms. The Bertz CT molecular complexity index is 1200. The first-order valence-corrected chi connectivity index (χ1v) is 12.5. The molecule has 0 aliphatic carbocycles. The first kappa shape index (κ1) is 26.2. The summed E-state index contributed by atoms with van der Waals surface area (Å²) in [6.45, 7) is 1.13. The summed E-state index contributed by atoms with van der Waals surface area (Å²) in [5.41, 5.74) is -4.86. The first-order valence-electron chi connectivity index (χ1n) is 10.3. The van der Waals surface area contributed by atoms with E-state index in [9.17, 15) is 15.0 Å². The molecular formula is C20H22Cl2N6O5S2. The third kappa shape index (κ3) is 3.85. The minimum Gasteiger partial charge on any atom is -0.392 e. The van der Waals surface area contributed by atoms with Crippen LogP contribution < -0.4 is 5.32 Å². The van der Waals surface area contributed by atoms with E-state index in [2.05, 4.69) is 38.2 Å². The van der Waals surface area contributed by atoms with Crippen molar-refractivity contribution < 1.29 is 24.5 Å². The molecule has 0 aromatic carbocycles. The van der Waals surface area contributed by atoms with Gasteiger partial charge in [0.05, 0.1) is 12.8 Å². The van der Waals surface area contributed by atoms with Crippen LogP contribution in [0.1, 0.15) is 12.5 Å². The van der Waals surface area contributed by atoms with Gasteiger partial charge >= 0.3 is 0 Å². The molecule has 4 heterocycles. The second-order valence-corrected chi connectivity index (χ2v) is 10.0. The zero-order valence-electron chi connectivity index (χ0n) is 18.5. The summed E-state index contributed by atoms with van der Waals surface area (Å²) < 4.78 is 12.9. The number of rotatable bonds is 7. The van der Waals surface area contributed by atoms with Crippen LogP contribution in [0.4, 0.5) is 0 Å². The van der Waals surface area contributed by atoms with Crippen LogP contribution in [-0.2, 0) is 19.8 Å². The molecular weight excluding hydrogens is 539 g/mol. The Balaban J connectivity index is 2.10. The number of nitrogens with zero attached hydrogens (tertiary/aromatic N) is 5. The highest BCUT2D eigenvalue weighted by atomic mass is 35.5. The van der Waals surface area contributed by atoms with E-state index in [1.165, 1.54) is 41.7 Å². The summed E-state index contributed by atoms with van der Waals surface area (Å²) in [5.74, 6) is -0.670. The SMILES string of the molecule is CCNC(=O)[C@]1(OC)[C@@H](S)O[C@](Cl)(CO)[C@H](O)C1(c1cccnc1)n1cc(-c2nc(Cl)cs2)nn1. The van der Waals surface area contributed by atoms with E-state index in [1.54, 1.807) is 24.4 Å². The largest absolute Gasteiger partial charge is 0.392 e. The van der Waals surface area contributed by atoms with Gasteiger partial charge in [0.15, 0.2) is 10.6 Å². The Kier molecular flexibility index (Phi) is 7.42. The number of amides is 1. The summed E-state index contributed by atoms with van der Waals surface area (Å²) >= 11 is 18.4. The minimum absolute atomic E-state index is 0.232. The molecule has 188 valence electrons. The van der Waals surface area contributed by atoms with E-state index in [0.717, 1.165) is 0 Å². The van der Waals surface area contributed by atoms with Gasteiger partial charge in [-0.3, -0.25) is 9.78 Å². The van der Waals surface area contributed by atoms with Gasteiger partial charge in [-0.2, -0.15) is 0 Å². The number of carbonyl (C=O) groups excluding carboxylic acids is 1. The smallest absolute Gasteiger partial charge is 0.258 e. The number of aliphatic hydroxyl groups excluding tert-OH is 2. The van der Waals surface area contributed by atoms with Crippen LogP contribution in [0.2, 0.25) is 5.15 Å². The number of aliphatic hydroxyl groups is 2. The molecule has 4 rings (SSSR count). The zero-order chi connectivity index (χ0) is 25.4. The number of halogens is 2. The number of ether oxygens (including phenoxy) is 2. The molecule has 1 aliphatic heterocycles. The fourth-order valence-electron chi connectivity index (χ4n) is 4.38. The lowest BCUT2D eigenvalue weighted by Crippen LogP contribution is -2.81. The maximum Gasteiger partial charge on any atom is 0.258 e. The van der Waals surface area contributed by atoms with Crippen molar-refractivity contribution >= 4 is 53.1 Å². The van der Waals surface area contributed by atoms with Crippen molar-refractivity contribution in [3.63, 3.8) is 0 Å². The van der Waals surface area contributed by atoms with Crippen molar-refractivity contribution in [3.8, 4) is 10.7 Å². The van der Waals surface area contributed by atoms with Gasteiger partial charge in [-0.15, -0.1) is 29.1 Å². The fourth-order valence-corrected chi connectivity index (χ4v) is 6.19. The number of pyridine rings is 1. The molecule has 5 atom stereocenters. The molecule has 11 nitrogen and oxygen atoms in total. The lowest BCUT2D eigenvalue weighted by molar-refractivity contribution is -0.268. The van der Waals surface area contributed by atoms with Crippen LogP contribution in [0, 0.1) is 0 Å². The van der Waals surface area contributed by atoms with Crippen LogP contribution in [0.25, 0.3) is 10.7 Å². The number of hydrogen-bond acceptors (Lipinski definition) is 11. The number of alkyl halides is 1. The third-order valence-electron chi connectivity index (χ3n) is 5.89. The average Bonchev–Trinajstić information content (AvgIpc) is 3.51. The standard InChI is InChI=1S/C20H22Cl2N6O5S2/c1-3-24-16(31)20(32-2)17(34)33-18(22,10-29)15(30)19(20,11-5-4-6-23-7-11)28-8-12(26-27-28)14-25-13(21)9-35-14/h4-9,15,17,29-30,34H,3,10H2,1-2H3,(H,24,31)/t15-,17+,18+,19?,20-/m0/s1. The molecule has 0 saturated carbocycles. The Labute approximate surface area is 219 Å². The number of aromatic nitrogens is 5. The summed E-state index contributed by atoms with van der Waals surface area (Å²) in [6, 6.07) is 3.23. The van der Waals surface area contributed by atoms with E-state index in [-0.39, 0.29) is 17.3 Å². The van der Waals surface area contributed by atoms with Crippen LogP contribution in [-0.4, -0.2) is 83.5 Å². The number of nitrogens with one attached hydrogen (secondary N) is 1. The molecule has 3 aromatic rings. The number of thiazole rings is 1. The summed E-state index contributed by atoms with van der Waals surface area (Å²) in [6.07, 6.45) is 2.59. The molecule has 1 fully saturated rings. The Morgan fingerprint density at radius 3 is 2.83 bits per heavy atom. The Morgan fingerprint density at radius 1 is 1.49 bits per heavy atom. The van der Waals surface area contributed by atoms with Crippen LogP contribution in [0.5, 0.6) is 0 Å². The van der Waals surface area contributed by atoms with E-state index < -0.39 is 40.3 Å².